The van der Waals surface area contributed by atoms with Crippen molar-refractivity contribution in [2.24, 2.45) is 0 Å². The summed E-state index contributed by atoms with van der Waals surface area (Å²) in [7, 11) is 1.54. The molecule has 1 fully saturated rings. The van der Waals surface area contributed by atoms with E-state index >= 15 is 0 Å². The van der Waals surface area contributed by atoms with Gasteiger partial charge in [0, 0.05) is 12.6 Å². The first-order valence-corrected chi connectivity index (χ1v) is 12.7. The highest BCUT2D eigenvalue weighted by Gasteiger charge is 2.33. The monoisotopic (exact) mass is 504 g/mol. The minimum absolute atomic E-state index is 0.0616. The summed E-state index contributed by atoms with van der Waals surface area (Å²) >= 11 is 5.98. The molecule has 0 saturated heterocycles. The number of nitrogens with one attached hydrogen (secondary N) is 1. The molecular formula is C27H34ClFN2O4. The topological polar surface area (TPSA) is 67.9 Å². The molecule has 2 aromatic carbocycles. The SMILES string of the molecule is CCCOc1ccc(C(C(=O)NC2CCCCC2)N(Cc2ccc(F)cc2)C(=O)CCl)cc1OC. The first-order chi connectivity index (χ1) is 17.0. The summed E-state index contributed by atoms with van der Waals surface area (Å²) in [5.74, 6) is -0.289. The van der Waals surface area contributed by atoms with Gasteiger partial charge >= 0.3 is 0 Å². The fourth-order valence-corrected chi connectivity index (χ4v) is 4.53. The van der Waals surface area contributed by atoms with Gasteiger partial charge in [0.2, 0.25) is 11.8 Å². The van der Waals surface area contributed by atoms with E-state index in [4.69, 9.17) is 21.1 Å². The standard InChI is InChI=1S/C27H34ClFN2O4/c1-3-15-35-23-14-11-20(16-24(23)34-2)26(27(33)30-22-7-5-4-6-8-22)31(25(32)17-28)18-19-9-12-21(29)13-10-19/h9-14,16,22,26H,3-8,15,17-18H2,1-2H3,(H,30,33). The number of methoxy groups -OCH3 is 1. The lowest BCUT2D eigenvalue weighted by molar-refractivity contribution is -0.140. The van der Waals surface area contributed by atoms with Crippen molar-refractivity contribution in [1.82, 2.24) is 10.2 Å². The zero-order valence-corrected chi connectivity index (χ0v) is 21.2. The van der Waals surface area contributed by atoms with Crippen molar-refractivity contribution in [3.8, 4) is 11.5 Å². The lowest BCUT2D eigenvalue weighted by atomic mass is 9.94. The number of benzene rings is 2. The van der Waals surface area contributed by atoms with Gasteiger partial charge in [-0.1, -0.05) is 44.4 Å². The zero-order chi connectivity index (χ0) is 25.2. The van der Waals surface area contributed by atoms with Crippen LogP contribution < -0.4 is 14.8 Å². The summed E-state index contributed by atoms with van der Waals surface area (Å²) in [5.41, 5.74) is 1.27. The fraction of sp³-hybridized carbons (Fsp3) is 0.481. The molecule has 0 aromatic heterocycles. The predicted molar refractivity (Wildman–Crippen MR) is 134 cm³/mol. The van der Waals surface area contributed by atoms with E-state index in [9.17, 15) is 14.0 Å². The number of hydrogen-bond donors (Lipinski definition) is 1. The molecule has 0 bridgehead atoms. The van der Waals surface area contributed by atoms with Gasteiger partial charge in [0.25, 0.3) is 0 Å². The van der Waals surface area contributed by atoms with Crippen LogP contribution in [0.3, 0.4) is 0 Å². The van der Waals surface area contributed by atoms with E-state index in [1.165, 1.54) is 24.1 Å². The molecule has 8 heteroatoms. The molecule has 1 atom stereocenters. The number of alkyl halides is 1. The Labute approximate surface area is 211 Å². The highest BCUT2D eigenvalue weighted by molar-refractivity contribution is 6.27. The van der Waals surface area contributed by atoms with Crippen molar-refractivity contribution in [3.63, 3.8) is 0 Å². The molecule has 0 heterocycles. The molecule has 1 aliphatic carbocycles. The summed E-state index contributed by atoms with van der Waals surface area (Å²) in [6, 6.07) is 10.2. The van der Waals surface area contributed by atoms with Crippen LogP contribution in [0.1, 0.15) is 62.6 Å². The average molecular weight is 505 g/mol. The Morgan fingerprint density at radius 1 is 1.11 bits per heavy atom. The van der Waals surface area contributed by atoms with Gasteiger partial charge in [0.1, 0.15) is 17.7 Å². The Hall–Kier alpha value is -2.80. The molecule has 1 unspecified atom stereocenters. The molecule has 0 aliphatic heterocycles. The summed E-state index contributed by atoms with van der Waals surface area (Å²) in [6.07, 6.45) is 5.94. The minimum Gasteiger partial charge on any atom is -0.493 e. The smallest absolute Gasteiger partial charge is 0.247 e. The molecular weight excluding hydrogens is 471 g/mol. The van der Waals surface area contributed by atoms with Crippen molar-refractivity contribution in [1.29, 1.82) is 0 Å². The van der Waals surface area contributed by atoms with E-state index in [2.05, 4.69) is 5.32 Å². The van der Waals surface area contributed by atoms with E-state index in [1.807, 2.05) is 6.92 Å². The molecule has 35 heavy (non-hydrogen) atoms. The summed E-state index contributed by atoms with van der Waals surface area (Å²) < 4.78 is 24.8. The number of amides is 2. The van der Waals surface area contributed by atoms with Gasteiger partial charge in [-0.3, -0.25) is 9.59 Å². The Balaban J connectivity index is 1.99. The van der Waals surface area contributed by atoms with Gasteiger partial charge in [0.15, 0.2) is 11.5 Å². The van der Waals surface area contributed by atoms with Crippen LogP contribution >= 0.6 is 11.6 Å². The molecule has 6 nitrogen and oxygen atoms in total. The molecule has 0 spiro atoms. The highest BCUT2D eigenvalue weighted by Crippen LogP contribution is 2.34. The largest absolute Gasteiger partial charge is 0.493 e. The van der Waals surface area contributed by atoms with Gasteiger partial charge in [-0.2, -0.15) is 0 Å². The van der Waals surface area contributed by atoms with Crippen LogP contribution in [-0.2, 0) is 16.1 Å². The van der Waals surface area contributed by atoms with Crippen LogP contribution in [0.15, 0.2) is 42.5 Å². The Morgan fingerprint density at radius 3 is 2.46 bits per heavy atom. The number of carbonyl (C=O) groups is 2. The lowest BCUT2D eigenvalue weighted by Crippen LogP contribution is -2.47. The third-order valence-corrected chi connectivity index (χ3v) is 6.41. The third kappa shape index (κ3) is 7.34. The van der Waals surface area contributed by atoms with Gasteiger partial charge in [0.05, 0.1) is 13.7 Å². The third-order valence-electron chi connectivity index (χ3n) is 6.18. The van der Waals surface area contributed by atoms with Crippen LogP contribution in [0.4, 0.5) is 4.39 Å². The van der Waals surface area contributed by atoms with Crippen LogP contribution in [0.2, 0.25) is 0 Å². The molecule has 1 N–H and O–H groups in total. The Morgan fingerprint density at radius 2 is 1.83 bits per heavy atom. The van der Waals surface area contributed by atoms with Crippen molar-refractivity contribution in [3.05, 3.63) is 59.4 Å². The van der Waals surface area contributed by atoms with Crippen LogP contribution in [0.25, 0.3) is 0 Å². The minimum atomic E-state index is -0.942. The van der Waals surface area contributed by atoms with E-state index in [0.29, 0.717) is 29.2 Å². The lowest BCUT2D eigenvalue weighted by Gasteiger charge is -2.33. The zero-order valence-electron chi connectivity index (χ0n) is 20.4. The first kappa shape index (κ1) is 26.8. The Kier molecular flexibility index (Phi) is 10.2. The fourth-order valence-electron chi connectivity index (χ4n) is 4.37. The number of halogens is 2. The average Bonchev–Trinajstić information content (AvgIpc) is 2.88. The van der Waals surface area contributed by atoms with E-state index in [0.717, 1.165) is 38.5 Å². The highest BCUT2D eigenvalue weighted by atomic mass is 35.5. The summed E-state index contributed by atoms with van der Waals surface area (Å²) in [4.78, 5) is 28.2. The van der Waals surface area contributed by atoms with Crippen molar-refractivity contribution in [2.45, 2.75) is 64.1 Å². The molecule has 190 valence electrons. The maximum Gasteiger partial charge on any atom is 0.247 e. The van der Waals surface area contributed by atoms with Crippen LogP contribution in [-0.4, -0.2) is 42.4 Å². The van der Waals surface area contributed by atoms with Gasteiger partial charge in [-0.15, -0.1) is 11.6 Å². The van der Waals surface area contributed by atoms with Crippen molar-refractivity contribution in [2.75, 3.05) is 19.6 Å². The van der Waals surface area contributed by atoms with E-state index < -0.39 is 11.9 Å². The Bertz CT molecular complexity index is 980. The molecule has 2 amide bonds. The maximum absolute atomic E-state index is 13.7. The van der Waals surface area contributed by atoms with Crippen LogP contribution in [0.5, 0.6) is 11.5 Å². The molecule has 3 rings (SSSR count). The second-order valence-corrected chi connectivity index (χ2v) is 9.05. The van der Waals surface area contributed by atoms with Gasteiger partial charge in [-0.05, 0) is 54.7 Å². The number of rotatable bonds is 11. The van der Waals surface area contributed by atoms with E-state index in [1.54, 1.807) is 30.3 Å². The van der Waals surface area contributed by atoms with Gasteiger partial charge < -0.3 is 19.7 Å². The van der Waals surface area contributed by atoms with Crippen molar-refractivity contribution >= 4 is 23.4 Å². The second kappa shape index (κ2) is 13.3. The molecule has 0 radical (unpaired) electrons. The van der Waals surface area contributed by atoms with Crippen LogP contribution in [0, 0.1) is 5.82 Å². The van der Waals surface area contributed by atoms with Crippen molar-refractivity contribution < 1.29 is 23.5 Å². The predicted octanol–water partition coefficient (Wildman–Crippen LogP) is 5.38. The molecule has 2 aromatic rings. The number of ether oxygens (including phenoxy) is 2. The normalized spacial score (nSPS) is 14.7. The number of carbonyl (C=O) groups excluding carboxylic acids is 2. The van der Waals surface area contributed by atoms with Gasteiger partial charge in [-0.25, -0.2) is 4.39 Å². The first-order valence-electron chi connectivity index (χ1n) is 12.2. The summed E-state index contributed by atoms with van der Waals surface area (Å²) in [6.45, 7) is 2.64. The van der Waals surface area contributed by atoms with E-state index in [-0.39, 0.29) is 30.2 Å². The molecule has 1 aliphatic rings. The summed E-state index contributed by atoms with van der Waals surface area (Å²) in [5, 5.41) is 3.15. The quantitative estimate of drug-likeness (QED) is 0.417. The molecule has 1 saturated carbocycles. The maximum atomic E-state index is 13.7. The second-order valence-electron chi connectivity index (χ2n) is 8.79. The number of hydrogen-bond acceptors (Lipinski definition) is 4. The number of nitrogens with zero attached hydrogens (tertiary/aromatic N) is 1.